The first-order valence-corrected chi connectivity index (χ1v) is 6.16. The van der Waals surface area contributed by atoms with Gasteiger partial charge in [0.1, 0.15) is 11.9 Å². The van der Waals surface area contributed by atoms with Crippen LogP contribution in [-0.4, -0.2) is 5.78 Å². The highest BCUT2D eigenvalue weighted by Gasteiger charge is 2.27. The van der Waals surface area contributed by atoms with Crippen LogP contribution in [0.15, 0.2) is 48.5 Å². The Kier molecular flexibility index (Phi) is 2.80. The molecule has 1 aliphatic rings. The molecule has 3 rings (SSSR count). The summed E-state index contributed by atoms with van der Waals surface area (Å²) in [5, 5.41) is 0.655. The van der Waals surface area contributed by atoms with Crippen LogP contribution in [0.4, 0.5) is 0 Å². The number of ether oxygens (including phenoxy) is 1. The van der Waals surface area contributed by atoms with E-state index in [0.29, 0.717) is 22.8 Å². The van der Waals surface area contributed by atoms with Gasteiger partial charge in [0.25, 0.3) is 0 Å². The third kappa shape index (κ3) is 2.00. The van der Waals surface area contributed by atoms with Crippen molar-refractivity contribution in [1.29, 1.82) is 0 Å². The second kappa shape index (κ2) is 4.46. The molecule has 2 aromatic rings. The number of hydrogen-bond donors (Lipinski definition) is 0. The topological polar surface area (TPSA) is 26.3 Å². The molecule has 0 aromatic heterocycles. The van der Waals surface area contributed by atoms with Gasteiger partial charge >= 0.3 is 0 Å². The molecule has 1 unspecified atom stereocenters. The lowest BCUT2D eigenvalue weighted by Gasteiger charge is -2.25. The van der Waals surface area contributed by atoms with Crippen LogP contribution in [0.1, 0.15) is 28.4 Å². The van der Waals surface area contributed by atoms with Crippen LogP contribution in [0.2, 0.25) is 5.02 Å². The smallest absolute Gasteiger partial charge is 0.170 e. The molecule has 1 aliphatic heterocycles. The predicted molar refractivity (Wildman–Crippen MR) is 70.2 cm³/mol. The van der Waals surface area contributed by atoms with Crippen molar-refractivity contribution in [3.8, 4) is 5.75 Å². The number of para-hydroxylation sites is 1. The van der Waals surface area contributed by atoms with E-state index in [4.69, 9.17) is 16.3 Å². The second-order valence-electron chi connectivity index (χ2n) is 4.28. The van der Waals surface area contributed by atoms with Crippen molar-refractivity contribution in [2.24, 2.45) is 0 Å². The lowest BCUT2D eigenvalue weighted by Crippen LogP contribution is -2.20. The highest BCUT2D eigenvalue weighted by Crippen LogP contribution is 2.35. The summed E-state index contributed by atoms with van der Waals surface area (Å²) >= 11 is 5.96. The van der Waals surface area contributed by atoms with E-state index in [2.05, 4.69) is 0 Å². The minimum Gasteiger partial charge on any atom is -0.484 e. The summed E-state index contributed by atoms with van der Waals surface area (Å²) in [4.78, 5) is 12.0. The van der Waals surface area contributed by atoms with E-state index in [1.165, 1.54) is 0 Å². The van der Waals surface area contributed by atoms with Crippen molar-refractivity contribution in [3.05, 3.63) is 64.7 Å². The average Bonchev–Trinajstić information content (AvgIpc) is 2.39. The quantitative estimate of drug-likeness (QED) is 0.771. The molecule has 1 heterocycles. The van der Waals surface area contributed by atoms with E-state index in [1.807, 2.05) is 42.5 Å². The Balaban J connectivity index is 1.97. The molecule has 2 aromatic carbocycles. The van der Waals surface area contributed by atoms with Crippen molar-refractivity contribution in [3.63, 3.8) is 0 Å². The molecule has 1 atom stereocenters. The fourth-order valence-corrected chi connectivity index (χ4v) is 2.36. The van der Waals surface area contributed by atoms with Crippen molar-refractivity contribution in [1.82, 2.24) is 0 Å². The lowest BCUT2D eigenvalue weighted by molar-refractivity contribution is 0.0850. The molecular formula is C15H11ClO2. The standard InChI is InChI=1S/C15H11ClO2/c16-11-5-3-4-10(8-11)15-9-13(17)12-6-1-2-7-14(12)18-15/h1-8,15H,9H2. The van der Waals surface area contributed by atoms with Crippen LogP contribution in [0, 0.1) is 0 Å². The molecule has 0 aliphatic carbocycles. The van der Waals surface area contributed by atoms with E-state index in [0.717, 1.165) is 5.56 Å². The Labute approximate surface area is 110 Å². The predicted octanol–water partition coefficient (Wildman–Crippen LogP) is 4.05. The third-order valence-corrected chi connectivity index (χ3v) is 3.28. The first-order valence-electron chi connectivity index (χ1n) is 5.78. The SMILES string of the molecule is O=C1CC(c2cccc(Cl)c2)Oc2ccccc21. The molecule has 2 nitrogen and oxygen atoms in total. The molecule has 0 bridgehead atoms. The maximum absolute atomic E-state index is 12.0. The van der Waals surface area contributed by atoms with Gasteiger partial charge in [0.15, 0.2) is 5.78 Å². The van der Waals surface area contributed by atoms with Crippen LogP contribution in [0.5, 0.6) is 5.75 Å². The van der Waals surface area contributed by atoms with Crippen molar-refractivity contribution < 1.29 is 9.53 Å². The summed E-state index contributed by atoms with van der Waals surface area (Å²) in [5.74, 6) is 0.764. The summed E-state index contributed by atoms with van der Waals surface area (Å²) in [7, 11) is 0. The minimum absolute atomic E-state index is 0.113. The number of halogens is 1. The molecule has 0 amide bonds. The van der Waals surface area contributed by atoms with Crippen LogP contribution >= 0.6 is 11.6 Å². The van der Waals surface area contributed by atoms with Crippen molar-refractivity contribution in [2.75, 3.05) is 0 Å². The highest BCUT2D eigenvalue weighted by atomic mass is 35.5. The highest BCUT2D eigenvalue weighted by molar-refractivity contribution is 6.30. The number of Topliss-reactive ketones (excluding diaryl/α,β-unsaturated/α-hetero) is 1. The van der Waals surface area contributed by atoms with Crippen LogP contribution in [-0.2, 0) is 0 Å². The Bertz CT molecular complexity index is 607. The molecule has 0 saturated heterocycles. The van der Waals surface area contributed by atoms with Crippen LogP contribution in [0.25, 0.3) is 0 Å². The van der Waals surface area contributed by atoms with E-state index in [1.54, 1.807) is 6.07 Å². The molecule has 18 heavy (non-hydrogen) atoms. The molecule has 0 saturated carbocycles. The second-order valence-corrected chi connectivity index (χ2v) is 4.72. The monoisotopic (exact) mass is 258 g/mol. The lowest BCUT2D eigenvalue weighted by atomic mass is 9.96. The average molecular weight is 259 g/mol. The van der Waals surface area contributed by atoms with Gasteiger partial charge in [0.2, 0.25) is 0 Å². The normalized spacial score (nSPS) is 18.1. The van der Waals surface area contributed by atoms with Gasteiger partial charge in [-0.05, 0) is 29.8 Å². The zero-order valence-corrected chi connectivity index (χ0v) is 10.4. The summed E-state index contributed by atoms with van der Waals surface area (Å²) in [6.45, 7) is 0. The fourth-order valence-electron chi connectivity index (χ4n) is 2.17. The van der Waals surface area contributed by atoms with Gasteiger partial charge in [-0.15, -0.1) is 0 Å². The van der Waals surface area contributed by atoms with Crippen molar-refractivity contribution in [2.45, 2.75) is 12.5 Å². The molecular weight excluding hydrogens is 248 g/mol. The molecule has 0 radical (unpaired) electrons. The fraction of sp³-hybridized carbons (Fsp3) is 0.133. The number of fused-ring (bicyclic) bond motifs is 1. The Morgan fingerprint density at radius 3 is 2.78 bits per heavy atom. The molecule has 3 heteroatoms. The van der Waals surface area contributed by atoms with E-state index in [9.17, 15) is 4.79 Å². The van der Waals surface area contributed by atoms with Crippen LogP contribution in [0.3, 0.4) is 0 Å². The number of rotatable bonds is 1. The maximum atomic E-state index is 12.0. The third-order valence-electron chi connectivity index (χ3n) is 3.05. The molecule has 0 N–H and O–H groups in total. The van der Waals surface area contributed by atoms with Gasteiger partial charge in [-0.3, -0.25) is 4.79 Å². The van der Waals surface area contributed by atoms with Gasteiger partial charge in [-0.25, -0.2) is 0 Å². The number of ketones is 1. The van der Waals surface area contributed by atoms with E-state index >= 15 is 0 Å². The Morgan fingerprint density at radius 1 is 1.11 bits per heavy atom. The Hall–Kier alpha value is -1.80. The van der Waals surface area contributed by atoms with Gasteiger partial charge in [0.05, 0.1) is 12.0 Å². The summed E-state index contributed by atoms with van der Waals surface area (Å²) < 4.78 is 5.86. The van der Waals surface area contributed by atoms with Gasteiger partial charge in [-0.1, -0.05) is 35.9 Å². The first kappa shape index (κ1) is 11.3. The first-order chi connectivity index (χ1) is 8.74. The number of carbonyl (C=O) groups excluding carboxylic acids is 1. The molecule has 0 fully saturated rings. The zero-order valence-electron chi connectivity index (χ0n) is 9.60. The minimum atomic E-state index is -0.244. The number of carbonyl (C=O) groups is 1. The van der Waals surface area contributed by atoms with Crippen LogP contribution < -0.4 is 4.74 Å². The van der Waals surface area contributed by atoms with Gasteiger partial charge in [-0.2, -0.15) is 0 Å². The van der Waals surface area contributed by atoms with Crippen molar-refractivity contribution >= 4 is 17.4 Å². The van der Waals surface area contributed by atoms with E-state index in [-0.39, 0.29) is 11.9 Å². The maximum Gasteiger partial charge on any atom is 0.170 e. The number of hydrogen-bond acceptors (Lipinski definition) is 2. The largest absolute Gasteiger partial charge is 0.484 e. The Morgan fingerprint density at radius 2 is 1.94 bits per heavy atom. The van der Waals surface area contributed by atoms with Gasteiger partial charge < -0.3 is 4.74 Å². The molecule has 90 valence electrons. The summed E-state index contributed by atoms with van der Waals surface area (Å²) in [6.07, 6.45) is 0.114. The summed E-state index contributed by atoms with van der Waals surface area (Å²) in [6, 6.07) is 14.8. The van der Waals surface area contributed by atoms with E-state index < -0.39 is 0 Å². The van der Waals surface area contributed by atoms with Gasteiger partial charge in [0, 0.05) is 5.02 Å². The zero-order chi connectivity index (χ0) is 12.5. The summed E-state index contributed by atoms with van der Waals surface area (Å²) in [5.41, 5.74) is 1.60. The number of benzene rings is 2. The molecule has 0 spiro atoms.